The molecule has 0 aliphatic carbocycles. The van der Waals surface area contributed by atoms with Gasteiger partial charge in [0.1, 0.15) is 5.75 Å². The molecule has 10 heteroatoms. The number of amides is 1. The van der Waals surface area contributed by atoms with Crippen LogP contribution in [0.5, 0.6) is 0 Å². The van der Waals surface area contributed by atoms with E-state index in [9.17, 15) is 22.8 Å². The van der Waals surface area contributed by atoms with Gasteiger partial charge in [-0.1, -0.05) is 0 Å². The summed E-state index contributed by atoms with van der Waals surface area (Å²) in [7, 11) is -0.653. The molecule has 0 spiro atoms. The SMILES string of the molecule is CC(=O)c1ccc(N2CCN(C(=O)CS(=O)(=O)c3ccc4c(c3)n(C)c(=O)n4C)CC2)cc1. The lowest BCUT2D eigenvalue weighted by Gasteiger charge is -2.36. The number of piperazine rings is 1. The van der Waals surface area contributed by atoms with Crippen molar-refractivity contribution >= 4 is 38.2 Å². The van der Waals surface area contributed by atoms with Crippen molar-refractivity contribution in [3.8, 4) is 0 Å². The second-order valence-electron chi connectivity index (χ2n) is 8.28. The molecular weight excluding hydrogens is 444 g/mol. The molecule has 1 aliphatic heterocycles. The average Bonchev–Trinajstić information content (AvgIpc) is 3.02. The molecule has 0 bridgehead atoms. The van der Waals surface area contributed by atoms with Gasteiger partial charge in [-0.2, -0.15) is 0 Å². The van der Waals surface area contributed by atoms with Gasteiger partial charge in [-0.25, -0.2) is 13.2 Å². The van der Waals surface area contributed by atoms with Crippen LogP contribution in [0.2, 0.25) is 0 Å². The topological polar surface area (TPSA) is 102 Å². The summed E-state index contributed by atoms with van der Waals surface area (Å²) in [6, 6.07) is 11.8. The van der Waals surface area contributed by atoms with E-state index in [1.165, 1.54) is 28.2 Å². The fourth-order valence-electron chi connectivity index (χ4n) is 4.14. The van der Waals surface area contributed by atoms with Crippen LogP contribution in [0.15, 0.2) is 52.2 Å². The maximum Gasteiger partial charge on any atom is 0.328 e. The molecule has 3 aromatic rings. The standard InChI is InChI=1S/C23H26N4O5S/c1-16(28)17-4-6-18(7-5-17)26-10-12-27(13-11-26)22(29)15-33(31,32)19-8-9-20-21(14-19)25(3)23(30)24(20)2/h4-9,14H,10-13,15H2,1-3H3. The monoisotopic (exact) mass is 470 g/mol. The van der Waals surface area contributed by atoms with Gasteiger partial charge in [0.05, 0.1) is 15.9 Å². The summed E-state index contributed by atoms with van der Waals surface area (Å²) in [6.45, 7) is 3.49. The third-order valence-electron chi connectivity index (χ3n) is 6.19. The van der Waals surface area contributed by atoms with Gasteiger partial charge in [-0.3, -0.25) is 18.7 Å². The molecule has 1 aliphatic rings. The zero-order valence-corrected chi connectivity index (χ0v) is 19.6. The second kappa shape index (κ2) is 8.51. The zero-order chi connectivity index (χ0) is 23.9. The van der Waals surface area contributed by atoms with Crippen molar-refractivity contribution in [2.45, 2.75) is 11.8 Å². The minimum Gasteiger partial charge on any atom is -0.368 e. The summed E-state index contributed by atoms with van der Waals surface area (Å²) in [4.78, 5) is 40.0. The summed E-state index contributed by atoms with van der Waals surface area (Å²) in [5.41, 5.74) is 2.48. The first-order valence-electron chi connectivity index (χ1n) is 10.6. The highest BCUT2D eigenvalue weighted by atomic mass is 32.2. The van der Waals surface area contributed by atoms with Crippen molar-refractivity contribution in [3.63, 3.8) is 0 Å². The number of carbonyl (C=O) groups is 2. The Morgan fingerprint density at radius 1 is 0.879 bits per heavy atom. The van der Waals surface area contributed by atoms with Gasteiger partial charge >= 0.3 is 5.69 Å². The van der Waals surface area contributed by atoms with E-state index in [0.717, 1.165) is 5.69 Å². The Bertz CT molecular complexity index is 1400. The van der Waals surface area contributed by atoms with Crippen LogP contribution >= 0.6 is 0 Å². The molecule has 9 nitrogen and oxygen atoms in total. The number of hydrogen-bond acceptors (Lipinski definition) is 6. The van der Waals surface area contributed by atoms with Gasteiger partial charge in [-0.15, -0.1) is 0 Å². The summed E-state index contributed by atoms with van der Waals surface area (Å²) in [5.74, 6) is -1.05. The van der Waals surface area contributed by atoms with E-state index in [4.69, 9.17) is 0 Å². The molecule has 1 saturated heterocycles. The molecule has 0 radical (unpaired) electrons. The number of aromatic nitrogens is 2. The molecule has 33 heavy (non-hydrogen) atoms. The molecule has 2 aromatic carbocycles. The van der Waals surface area contributed by atoms with Crippen LogP contribution in [0.25, 0.3) is 11.0 Å². The highest BCUT2D eigenvalue weighted by Gasteiger charge is 2.27. The van der Waals surface area contributed by atoms with Crippen LogP contribution in [0.1, 0.15) is 17.3 Å². The molecule has 1 fully saturated rings. The summed E-state index contributed by atoms with van der Waals surface area (Å²) in [6.07, 6.45) is 0. The molecular formula is C23H26N4O5S. The summed E-state index contributed by atoms with van der Waals surface area (Å²) >= 11 is 0. The van der Waals surface area contributed by atoms with Crippen molar-refractivity contribution in [3.05, 3.63) is 58.5 Å². The van der Waals surface area contributed by atoms with Crippen molar-refractivity contribution < 1.29 is 18.0 Å². The van der Waals surface area contributed by atoms with Crippen molar-refractivity contribution in [1.29, 1.82) is 0 Å². The number of fused-ring (bicyclic) bond motifs is 1. The fraction of sp³-hybridized carbons (Fsp3) is 0.348. The molecule has 174 valence electrons. The molecule has 0 atom stereocenters. The Morgan fingerprint density at radius 3 is 2.09 bits per heavy atom. The third kappa shape index (κ3) is 4.30. The quantitative estimate of drug-likeness (QED) is 0.520. The first-order valence-corrected chi connectivity index (χ1v) is 12.3. The van der Waals surface area contributed by atoms with Crippen LogP contribution in [0, 0.1) is 0 Å². The number of rotatable bonds is 5. The fourth-order valence-corrected chi connectivity index (χ4v) is 5.38. The Hall–Kier alpha value is -3.40. The average molecular weight is 471 g/mol. The highest BCUT2D eigenvalue weighted by Crippen LogP contribution is 2.21. The predicted octanol–water partition coefficient (Wildman–Crippen LogP) is 1.20. The molecule has 0 N–H and O–H groups in total. The number of aryl methyl sites for hydroxylation is 2. The van der Waals surface area contributed by atoms with Gasteiger partial charge < -0.3 is 9.80 Å². The first-order chi connectivity index (χ1) is 15.6. The highest BCUT2D eigenvalue weighted by molar-refractivity contribution is 7.92. The van der Waals surface area contributed by atoms with Crippen LogP contribution < -0.4 is 10.6 Å². The number of benzene rings is 2. The van der Waals surface area contributed by atoms with Gasteiger partial charge in [0.2, 0.25) is 5.91 Å². The Labute approximate surface area is 191 Å². The van der Waals surface area contributed by atoms with Crippen molar-refractivity contribution in [2.24, 2.45) is 14.1 Å². The normalized spacial score (nSPS) is 14.6. The predicted molar refractivity (Wildman–Crippen MR) is 125 cm³/mol. The number of hydrogen-bond donors (Lipinski definition) is 0. The lowest BCUT2D eigenvalue weighted by molar-refractivity contribution is -0.128. The van der Waals surface area contributed by atoms with E-state index in [-0.39, 0.29) is 16.4 Å². The van der Waals surface area contributed by atoms with Crippen molar-refractivity contribution in [2.75, 3.05) is 36.8 Å². The van der Waals surface area contributed by atoms with Gasteiger partial charge in [-0.05, 0) is 49.4 Å². The van der Waals surface area contributed by atoms with E-state index < -0.39 is 21.5 Å². The van der Waals surface area contributed by atoms with Crippen LogP contribution in [0.4, 0.5) is 5.69 Å². The van der Waals surface area contributed by atoms with E-state index >= 15 is 0 Å². The zero-order valence-electron chi connectivity index (χ0n) is 18.8. The smallest absolute Gasteiger partial charge is 0.328 e. The van der Waals surface area contributed by atoms with Gasteiger partial charge in [0.25, 0.3) is 0 Å². The number of imidazole rings is 1. The minimum atomic E-state index is -3.86. The second-order valence-corrected chi connectivity index (χ2v) is 10.3. The molecule has 4 rings (SSSR count). The maximum atomic E-state index is 12.9. The molecule has 1 amide bonds. The Kier molecular flexibility index (Phi) is 5.87. The maximum absolute atomic E-state index is 12.9. The third-order valence-corrected chi connectivity index (χ3v) is 7.79. The summed E-state index contributed by atoms with van der Waals surface area (Å²) in [5, 5.41) is 0. The number of anilines is 1. The van der Waals surface area contributed by atoms with Crippen LogP contribution in [0.3, 0.4) is 0 Å². The van der Waals surface area contributed by atoms with E-state index in [1.807, 2.05) is 12.1 Å². The Morgan fingerprint density at radius 2 is 1.48 bits per heavy atom. The Balaban J connectivity index is 1.43. The number of ketones is 1. The number of Topliss-reactive ketones (excluding diaryl/α,β-unsaturated/α-hetero) is 1. The van der Waals surface area contributed by atoms with Gasteiger partial charge in [0.15, 0.2) is 15.6 Å². The van der Waals surface area contributed by atoms with E-state index in [1.54, 1.807) is 37.2 Å². The number of sulfone groups is 1. The molecule has 0 saturated carbocycles. The molecule has 0 unspecified atom stereocenters. The molecule has 1 aromatic heterocycles. The van der Waals surface area contributed by atoms with E-state index in [0.29, 0.717) is 42.8 Å². The first kappa shape index (κ1) is 22.8. The molecule has 2 heterocycles. The lowest BCUT2D eigenvalue weighted by atomic mass is 10.1. The number of nitrogens with zero attached hydrogens (tertiary/aromatic N) is 4. The lowest BCUT2D eigenvalue weighted by Crippen LogP contribution is -2.50. The largest absolute Gasteiger partial charge is 0.368 e. The minimum absolute atomic E-state index is 0.00631. The van der Waals surface area contributed by atoms with Crippen LogP contribution in [-0.4, -0.2) is 66.1 Å². The van der Waals surface area contributed by atoms with E-state index in [2.05, 4.69) is 4.90 Å². The van der Waals surface area contributed by atoms with Crippen LogP contribution in [-0.2, 0) is 28.7 Å². The van der Waals surface area contributed by atoms with Gasteiger partial charge in [0, 0.05) is 51.5 Å². The van der Waals surface area contributed by atoms with Crippen molar-refractivity contribution in [1.82, 2.24) is 14.0 Å². The summed E-state index contributed by atoms with van der Waals surface area (Å²) < 4.78 is 28.7. The number of carbonyl (C=O) groups excluding carboxylic acids is 2.